The number of nitrogen functional groups attached to an aromatic ring is 1. The van der Waals surface area contributed by atoms with Gasteiger partial charge in [0, 0.05) is 30.8 Å². The number of aromatic nitrogens is 2. The standard InChI is InChI=1S/C22H25FN4O/c1-15-18(5-2-6-20(15)23)14-27-11-3-4-16(13-27)12-21-25-22(26-28-21)17-7-9-19(24)10-8-17/h2,5-10,16H,3-4,11-14,24H2,1H3. The van der Waals surface area contributed by atoms with Gasteiger partial charge < -0.3 is 10.3 Å². The van der Waals surface area contributed by atoms with Crippen molar-refractivity contribution < 1.29 is 8.91 Å². The van der Waals surface area contributed by atoms with Crippen LogP contribution in [0, 0.1) is 18.7 Å². The molecule has 3 aromatic rings. The van der Waals surface area contributed by atoms with E-state index in [9.17, 15) is 4.39 Å². The van der Waals surface area contributed by atoms with Crippen molar-refractivity contribution in [2.45, 2.75) is 32.7 Å². The van der Waals surface area contributed by atoms with Crippen LogP contribution in [0.25, 0.3) is 11.4 Å². The van der Waals surface area contributed by atoms with Crippen molar-refractivity contribution in [2.75, 3.05) is 18.8 Å². The van der Waals surface area contributed by atoms with E-state index >= 15 is 0 Å². The Morgan fingerprint density at radius 2 is 2.04 bits per heavy atom. The first-order valence-electron chi connectivity index (χ1n) is 9.73. The smallest absolute Gasteiger partial charge is 0.227 e. The third-order valence-corrected chi connectivity index (χ3v) is 5.48. The van der Waals surface area contributed by atoms with Gasteiger partial charge in [-0.25, -0.2) is 4.39 Å². The van der Waals surface area contributed by atoms with Crippen LogP contribution in [-0.4, -0.2) is 28.1 Å². The van der Waals surface area contributed by atoms with Crippen molar-refractivity contribution in [3.8, 4) is 11.4 Å². The summed E-state index contributed by atoms with van der Waals surface area (Å²) in [6, 6.07) is 12.8. The minimum atomic E-state index is -0.132. The molecule has 6 heteroatoms. The van der Waals surface area contributed by atoms with E-state index in [0.29, 0.717) is 23.3 Å². The number of nitrogens with two attached hydrogens (primary N) is 1. The van der Waals surface area contributed by atoms with Crippen LogP contribution in [0.15, 0.2) is 47.0 Å². The molecule has 1 aliphatic rings. The zero-order valence-corrected chi connectivity index (χ0v) is 16.1. The van der Waals surface area contributed by atoms with Gasteiger partial charge in [-0.1, -0.05) is 17.3 Å². The summed E-state index contributed by atoms with van der Waals surface area (Å²) >= 11 is 0. The monoisotopic (exact) mass is 380 g/mol. The molecular formula is C22H25FN4O. The first kappa shape index (κ1) is 18.6. The summed E-state index contributed by atoms with van der Waals surface area (Å²) in [6.07, 6.45) is 3.02. The molecule has 1 aromatic heterocycles. The number of halogens is 1. The molecule has 1 atom stereocenters. The fourth-order valence-corrected chi connectivity index (χ4v) is 3.86. The molecule has 1 fully saturated rings. The van der Waals surface area contributed by atoms with E-state index in [1.54, 1.807) is 6.07 Å². The second-order valence-electron chi connectivity index (χ2n) is 7.61. The Balaban J connectivity index is 1.39. The summed E-state index contributed by atoms with van der Waals surface area (Å²) in [6.45, 7) is 4.62. The van der Waals surface area contributed by atoms with Gasteiger partial charge in [-0.2, -0.15) is 4.98 Å². The Bertz CT molecular complexity index is 938. The number of hydrogen-bond acceptors (Lipinski definition) is 5. The molecule has 2 heterocycles. The Labute approximate surface area is 164 Å². The summed E-state index contributed by atoms with van der Waals surface area (Å²) in [5, 5.41) is 4.11. The molecule has 146 valence electrons. The second-order valence-corrected chi connectivity index (χ2v) is 7.61. The molecule has 2 N–H and O–H groups in total. The summed E-state index contributed by atoms with van der Waals surface area (Å²) in [4.78, 5) is 6.95. The quantitative estimate of drug-likeness (QED) is 0.671. The van der Waals surface area contributed by atoms with E-state index in [1.807, 2.05) is 37.3 Å². The van der Waals surface area contributed by atoms with E-state index in [1.165, 1.54) is 6.07 Å². The maximum Gasteiger partial charge on any atom is 0.227 e. The highest BCUT2D eigenvalue weighted by molar-refractivity contribution is 5.57. The predicted octanol–water partition coefficient (Wildman–Crippen LogP) is 4.22. The predicted molar refractivity (Wildman–Crippen MR) is 107 cm³/mol. The Morgan fingerprint density at radius 1 is 1.21 bits per heavy atom. The highest BCUT2D eigenvalue weighted by atomic mass is 19.1. The molecule has 2 aromatic carbocycles. The highest BCUT2D eigenvalue weighted by Crippen LogP contribution is 2.24. The van der Waals surface area contributed by atoms with Crippen LogP contribution in [0.5, 0.6) is 0 Å². The van der Waals surface area contributed by atoms with Gasteiger partial charge in [-0.3, -0.25) is 4.90 Å². The van der Waals surface area contributed by atoms with E-state index in [2.05, 4.69) is 15.0 Å². The average Bonchev–Trinajstić information content (AvgIpc) is 3.15. The molecule has 1 saturated heterocycles. The molecule has 4 rings (SSSR count). The summed E-state index contributed by atoms with van der Waals surface area (Å²) < 4.78 is 19.3. The Hall–Kier alpha value is -2.73. The van der Waals surface area contributed by atoms with Crippen LogP contribution >= 0.6 is 0 Å². The minimum Gasteiger partial charge on any atom is -0.399 e. The van der Waals surface area contributed by atoms with Gasteiger partial charge in [0.2, 0.25) is 11.7 Å². The maximum absolute atomic E-state index is 13.8. The minimum absolute atomic E-state index is 0.132. The number of rotatable bonds is 5. The van der Waals surface area contributed by atoms with Crippen molar-refractivity contribution in [3.63, 3.8) is 0 Å². The molecule has 0 aliphatic carbocycles. The van der Waals surface area contributed by atoms with E-state index in [0.717, 1.165) is 55.6 Å². The number of likely N-dealkylation sites (tertiary alicyclic amines) is 1. The lowest BCUT2D eigenvalue weighted by Gasteiger charge is -2.32. The van der Waals surface area contributed by atoms with Crippen molar-refractivity contribution in [2.24, 2.45) is 5.92 Å². The lowest BCUT2D eigenvalue weighted by atomic mass is 9.94. The fourth-order valence-electron chi connectivity index (χ4n) is 3.86. The fraction of sp³-hybridized carbons (Fsp3) is 0.364. The summed E-state index contributed by atoms with van der Waals surface area (Å²) in [7, 11) is 0. The van der Waals surface area contributed by atoms with Crippen LogP contribution in [0.4, 0.5) is 10.1 Å². The van der Waals surface area contributed by atoms with Gasteiger partial charge in [-0.15, -0.1) is 0 Å². The van der Waals surface area contributed by atoms with Crippen LogP contribution in [-0.2, 0) is 13.0 Å². The van der Waals surface area contributed by atoms with Crippen molar-refractivity contribution in [1.29, 1.82) is 0 Å². The van der Waals surface area contributed by atoms with E-state index in [-0.39, 0.29) is 5.82 Å². The lowest BCUT2D eigenvalue weighted by Crippen LogP contribution is -2.36. The molecule has 0 saturated carbocycles. The molecule has 28 heavy (non-hydrogen) atoms. The topological polar surface area (TPSA) is 68.2 Å². The van der Waals surface area contributed by atoms with Crippen LogP contribution in [0.2, 0.25) is 0 Å². The summed E-state index contributed by atoms with van der Waals surface area (Å²) in [5.41, 5.74) is 9.14. The lowest BCUT2D eigenvalue weighted by molar-refractivity contribution is 0.160. The largest absolute Gasteiger partial charge is 0.399 e. The number of nitrogens with zero attached hydrogens (tertiary/aromatic N) is 3. The molecule has 0 spiro atoms. The van der Waals surface area contributed by atoms with Crippen LogP contribution in [0.1, 0.15) is 29.9 Å². The van der Waals surface area contributed by atoms with Crippen molar-refractivity contribution in [1.82, 2.24) is 15.0 Å². The molecule has 0 radical (unpaired) electrons. The molecule has 0 amide bonds. The zero-order chi connectivity index (χ0) is 19.5. The van der Waals surface area contributed by atoms with E-state index in [4.69, 9.17) is 10.3 Å². The molecule has 0 bridgehead atoms. The average molecular weight is 380 g/mol. The SMILES string of the molecule is Cc1c(F)cccc1CN1CCCC(Cc2nc(-c3ccc(N)cc3)no2)C1. The number of benzene rings is 2. The number of anilines is 1. The zero-order valence-electron chi connectivity index (χ0n) is 16.1. The molecular weight excluding hydrogens is 355 g/mol. The Morgan fingerprint density at radius 3 is 2.86 bits per heavy atom. The van der Waals surface area contributed by atoms with Crippen molar-refractivity contribution in [3.05, 3.63) is 65.3 Å². The normalized spacial score (nSPS) is 17.7. The van der Waals surface area contributed by atoms with E-state index < -0.39 is 0 Å². The number of piperidine rings is 1. The molecule has 1 unspecified atom stereocenters. The third kappa shape index (κ3) is 4.22. The third-order valence-electron chi connectivity index (χ3n) is 5.48. The first-order valence-corrected chi connectivity index (χ1v) is 9.73. The first-order chi connectivity index (χ1) is 13.6. The highest BCUT2D eigenvalue weighted by Gasteiger charge is 2.23. The maximum atomic E-state index is 13.8. The Kier molecular flexibility index (Phi) is 5.39. The molecule has 1 aliphatic heterocycles. The van der Waals surface area contributed by atoms with Crippen molar-refractivity contribution >= 4 is 5.69 Å². The van der Waals surface area contributed by atoms with Crippen LogP contribution < -0.4 is 5.73 Å². The van der Waals surface area contributed by atoms with Crippen LogP contribution in [0.3, 0.4) is 0 Å². The van der Waals surface area contributed by atoms with Gasteiger partial charge >= 0.3 is 0 Å². The summed E-state index contributed by atoms with van der Waals surface area (Å²) in [5.74, 6) is 1.59. The van der Waals surface area contributed by atoms with Gasteiger partial charge in [0.15, 0.2) is 0 Å². The molecule has 5 nitrogen and oxygen atoms in total. The van der Waals surface area contributed by atoms with Gasteiger partial charge in [-0.05, 0) is 73.7 Å². The van der Waals surface area contributed by atoms with Gasteiger partial charge in [0.05, 0.1) is 0 Å². The second kappa shape index (κ2) is 8.10. The number of hydrogen-bond donors (Lipinski definition) is 1. The van der Waals surface area contributed by atoms with Gasteiger partial charge in [0.25, 0.3) is 0 Å². The van der Waals surface area contributed by atoms with Gasteiger partial charge in [0.1, 0.15) is 5.82 Å².